The molecular weight excluding hydrogens is 230 g/mol. The van der Waals surface area contributed by atoms with Gasteiger partial charge in [0.25, 0.3) is 0 Å². The van der Waals surface area contributed by atoms with E-state index in [0.29, 0.717) is 5.41 Å². The average molecular weight is 257 g/mol. The summed E-state index contributed by atoms with van der Waals surface area (Å²) in [7, 11) is 0. The van der Waals surface area contributed by atoms with E-state index in [9.17, 15) is 0 Å². The Morgan fingerprint density at radius 3 is 2.21 bits per heavy atom. The van der Waals surface area contributed by atoms with Crippen molar-refractivity contribution >= 4 is 0 Å². The van der Waals surface area contributed by atoms with Crippen LogP contribution in [0.4, 0.5) is 0 Å². The summed E-state index contributed by atoms with van der Waals surface area (Å²) in [6.45, 7) is 8.08. The maximum atomic E-state index is 3.72. The third-order valence-corrected chi connectivity index (χ3v) is 4.70. The van der Waals surface area contributed by atoms with Crippen molar-refractivity contribution in [1.29, 1.82) is 0 Å². The summed E-state index contributed by atoms with van der Waals surface area (Å²) < 4.78 is 0. The minimum atomic E-state index is 0.267. The van der Waals surface area contributed by atoms with Crippen molar-refractivity contribution in [3.63, 3.8) is 0 Å². The van der Waals surface area contributed by atoms with E-state index in [1.54, 1.807) is 0 Å². The molecular formula is C18H27N. The van der Waals surface area contributed by atoms with E-state index in [4.69, 9.17) is 0 Å². The maximum Gasteiger partial charge on any atom is 0.00684 e. The standard InChI is InChI=1S/C18H27N/c1-17(2,3)15-6-4-14(5-7-15)12-18(10-11-18)13-19-16-8-9-16/h4-7,16,19H,8-13H2,1-3H3. The SMILES string of the molecule is CC(C)(C)c1ccc(CC2(CNC3CC3)CC2)cc1. The molecule has 0 radical (unpaired) electrons. The molecule has 1 nitrogen and oxygen atoms in total. The normalized spacial score (nSPS) is 21.4. The van der Waals surface area contributed by atoms with Crippen LogP contribution in [0.2, 0.25) is 0 Å². The van der Waals surface area contributed by atoms with Crippen LogP contribution in [0.1, 0.15) is 57.6 Å². The summed E-state index contributed by atoms with van der Waals surface area (Å²) >= 11 is 0. The molecule has 104 valence electrons. The zero-order valence-electron chi connectivity index (χ0n) is 12.6. The number of benzene rings is 1. The summed E-state index contributed by atoms with van der Waals surface area (Å²) in [6, 6.07) is 10.2. The Kier molecular flexibility index (Phi) is 3.21. The van der Waals surface area contributed by atoms with Gasteiger partial charge in [0.15, 0.2) is 0 Å². The Bertz CT molecular complexity index is 430. The van der Waals surface area contributed by atoms with Gasteiger partial charge in [0, 0.05) is 12.6 Å². The highest BCUT2D eigenvalue weighted by molar-refractivity contribution is 5.29. The van der Waals surface area contributed by atoms with Crippen molar-refractivity contribution in [3.8, 4) is 0 Å². The molecule has 19 heavy (non-hydrogen) atoms. The molecule has 2 fully saturated rings. The highest BCUT2D eigenvalue weighted by Gasteiger charge is 2.43. The van der Waals surface area contributed by atoms with Gasteiger partial charge in [0.1, 0.15) is 0 Å². The summed E-state index contributed by atoms with van der Waals surface area (Å²) in [4.78, 5) is 0. The van der Waals surface area contributed by atoms with E-state index in [-0.39, 0.29) is 5.41 Å². The summed E-state index contributed by atoms with van der Waals surface area (Å²) in [6.07, 6.45) is 6.88. The van der Waals surface area contributed by atoms with Gasteiger partial charge in [0.05, 0.1) is 0 Å². The third kappa shape index (κ3) is 3.39. The predicted octanol–water partition coefficient (Wildman–Crippen LogP) is 4.06. The van der Waals surface area contributed by atoms with Crippen LogP contribution in [0.3, 0.4) is 0 Å². The Labute approximate surface area is 117 Å². The van der Waals surface area contributed by atoms with Crippen LogP contribution in [0.25, 0.3) is 0 Å². The largest absolute Gasteiger partial charge is 0.313 e. The quantitative estimate of drug-likeness (QED) is 0.839. The average Bonchev–Trinajstić information content (AvgIpc) is 3.22. The van der Waals surface area contributed by atoms with Crippen LogP contribution < -0.4 is 5.32 Å². The summed E-state index contributed by atoms with van der Waals surface area (Å²) in [5, 5.41) is 3.72. The zero-order chi connectivity index (χ0) is 13.5. The first-order chi connectivity index (χ1) is 8.97. The first-order valence-corrected chi connectivity index (χ1v) is 7.80. The number of rotatable bonds is 5. The van der Waals surface area contributed by atoms with Gasteiger partial charge in [-0.1, -0.05) is 45.0 Å². The fourth-order valence-electron chi connectivity index (χ4n) is 2.80. The van der Waals surface area contributed by atoms with Gasteiger partial charge in [-0.2, -0.15) is 0 Å². The molecule has 0 aliphatic heterocycles. The molecule has 2 aliphatic rings. The fraction of sp³-hybridized carbons (Fsp3) is 0.667. The molecule has 0 amide bonds. The van der Waals surface area contributed by atoms with Crippen LogP contribution in [0.5, 0.6) is 0 Å². The van der Waals surface area contributed by atoms with Gasteiger partial charge in [-0.05, 0) is 54.1 Å². The maximum absolute atomic E-state index is 3.72. The lowest BCUT2D eigenvalue weighted by Gasteiger charge is -2.20. The molecule has 0 bridgehead atoms. The van der Waals surface area contributed by atoms with E-state index in [1.807, 2.05) is 0 Å². The first kappa shape index (κ1) is 13.2. The molecule has 2 aliphatic carbocycles. The van der Waals surface area contributed by atoms with Crippen LogP contribution in [0, 0.1) is 5.41 Å². The molecule has 0 heterocycles. The molecule has 3 rings (SSSR count). The summed E-state index contributed by atoms with van der Waals surface area (Å²) in [5.74, 6) is 0. The monoisotopic (exact) mass is 257 g/mol. The minimum Gasteiger partial charge on any atom is -0.313 e. The lowest BCUT2D eigenvalue weighted by atomic mass is 9.86. The number of hydrogen-bond acceptors (Lipinski definition) is 1. The topological polar surface area (TPSA) is 12.0 Å². The van der Waals surface area contributed by atoms with Gasteiger partial charge in [0.2, 0.25) is 0 Å². The molecule has 0 aromatic heterocycles. The predicted molar refractivity (Wildman–Crippen MR) is 81.5 cm³/mol. The van der Waals surface area contributed by atoms with Crippen molar-refractivity contribution in [1.82, 2.24) is 5.32 Å². The minimum absolute atomic E-state index is 0.267. The van der Waals surface area contributed by atoms with Crippen LogP contribution >= 0.6 is 0 Å². The van der Waals surface area contributed by atoms with E-state index in [0.717, 1.165) is 6.04 Å². The van der Waals surface area contributed by atoms with Crippen LogP contribution in [-0.4, -0.2) is 12.6 Å². The smallest absolute Gasteiger partial charge is 0.00684 e. The van der Waals surface area contributed by atoms with Gasteiger partial charge >= 0.3 is 0 Å². The Morgan fingerprint density at radius 1 is 1.11 bits per heavy atom. The molecule has 0 unspecified atom stereocenters. The fourth-order valence-corrected chi connectivity index (χ4v) is 2.80. The highest BCUT2D eigenvalue weighted by atomic mass is 15.0. The van der Waals surface area contributed by atoms with Crippen molar-refractivity contribution in [2.24, 2.45) is 5.41 Å². The second kappa shape index (κ2) is 4.63. The number of nitrogens with one attached hydrogen (secondary N) is 1. The van der Waals surface area contributed by atoms with Crippen molar-refractivity contribution in [3.05, 3.63) is 35.4 Å². The van der Waals surface area contributed by atoms with Crippen LogP contribution in [-0.2, 0) is 11.8 Å². The van der Waals surface area contributed by atoms with Gasteiger partial charge in [-0.3, -0.25) is 0 Å². The van der Waals surface area contributed by atoms with Crippen molar-refractivity contribution < 1.29 is 0 Å². The molecule has 0 saturated heterocycles. The second-order valence-corrected chi connectivity index (χ2v) is 7.78. The lowest BCUT2D eigenvalue weighted by Crippen LogP contribution is -2.27. The molecule has 0 atom stereocenters. The van der Waals surface area contributed by atoms with Gasteiger partial charge in [-0.15, -0.1) is 0 Å². The van der Waals surface area contributed by atoms with E-state index in [2.05, 4.69) is 50.4 Å². The van der Waals surface area contributed by atoms with Crippen molar-refractivity contribution in [2.75, 3.05) is 6.54 Å². The first-order valence-electron chi connectivity index (χ1n) is 7.80. The summed E-state index contributed by atoms with van der Waals surface area (Å²) in [5.41, 5.74) is 3.81. The molecule has 1 aromatic rings. The van der Waals surface area contributed by atoms with E-state index in [1.165, 1.54) is 49.8 Å². The molecule has 0 spiro atoms. The zero-order valence-corrected chi connectivity index (χ0v) is 12.6. The van der Waals surface area contributed by atoms with Gasteiger partial charge < -0.3 is 5.32 Å². The Morgan fingerprint density at radius 2 is 1.74 bits per heavy atom. The Hall–Kier alpha value is -0.820. The molecule has 1 heteroatoms. The molecule has 1 aromatic carbocycles. The third-order valence-electron chi connectivity index (χ3n) is 4.70. The van der Waals surface area contributed by atoms with Crippen molar-refractivity contribution in [2.45, 2.75) is 64.3 Å². The Balaban J connectivity index is 1.60. The lowest BCUT2D eigenvalue weighted by molar-refractivity contribution is 0.453. The van der Waals surface area contributed by atoms with Gasteiger partial charge in [-0.25, -0.2) is 0 Å². The van der Waals surface area contributed by atoms with E-state index >= 15 is 0 Å². The second-order valence-electron chi connectivity index (χ2n) is 7.78. The highest BCUT2D eigenvalue weighted by Crippen LogP contribution is 2.48. The molecule has 2 saturated carbocycles. The number of hydrogen-bond donors (Lipinski definition) is 1. The van der Waals surface area contributed by atoms with E-state index < -0.39 is 0 Å². The van der Waals surface area contributed by atoms with Crippen LogP contribution in [0.15, 0.2) is 24.3 Å². The molecule has 1 N–H and O–H groups in total.